The molecule has 1 aromatic rings. The maximum absolute atomic E-state index is 10.6. The molecular formula is C14H17N2O3+. The minimum Gasteiger partial charge on any atom is -0.383 e. The van der Waals surface area contributed by atoms with Crippen molar-refractivity contribution in [3.63, 3.8) is 0 Å². The van der Waals surface area contributed by atoms with Gasteiger partial charge in [0.1, 0.15) is 11.8 Å². The summed E-state index contributed by atoms with van der Waals surface area (Å²) in [7, 11) is 0. The van der Waals surface area contributed by atoms with Crippen molar-refractivity contribution < 1.29 is 14.9 Å². The molecule has 0 spiro atoms. The number of aliphatic hydroxyl groups excluding tert-OH is 1. The van der Waals surface area contributed by atoms with Crippen molar-refractivity contribution in [1.29, 1.82) is 0 Å². The summed E-state index contributed by atoms with van der Waals surface area (Å²) in [4.78, 5) is 11.6. The second-order valence-electron chi connectivity index (χ2n) is 5.33. The van der Waals surface area contributed by atoms with Crippen LogP contribution in [-0.2, 0) is 0 Å². The summed E-state index contributed by atoms with van der Waals surface area (Å²) in [6, 6.07) is 6.48. The Morgan fingerprint density at radius 2 is 1.89 bits per heavy atom. The standard InChI is InChI=1S/C14H16N2O3/c17-14-11-5-7-15(8-6-11)13(14)9-10-1-3-12(4-2-10)16(18)19/h1-4,9,11,14,17H,5-8H2/p+1/b13-9+/t14-/m0/s1. The van der Waals surface area contributed by atoms with Gasteiger partial charge in [0.05, 0.1) is 18.0 Å². The Morgan fingerprint density at radius 1 is 1.26 bits per heavy atom. The molecule has 2 N–H and O–H groups in total. The molecule has 3 aliphatic rings. The van der Waals surface area contributed by atoms with Crippen LogP contribution in [0.1, 0.15) is 18.4 Å². The van der Waals surface area contributed by atoms with Gasteiger partial charge < -0.3 is 10.0 Å². The first-order valence-corrected chi connectivity index (χ1v) is 6.64. The molecule has 5 heteroatoms. The number of quaternary nitrogens is 1. The van der Waals surface area contributed by atoms with Crippen molar-refractivity contribution in [2.45, 2.75) is 18.9 Å². The highest BCUT2D eigenvalue weighted by atomic mass is 16.6. The van der Waals surface area contributed by atoms with Crippen LogP contribution in [0, 0.1) is 16.0 Å². The zero-order valence-electron chi connectivity index (χ0n) is 10.6. The molecule has 0 aliphatic carbocycles. The largest absolute Gasteiger partial charge is 0.383 e. The number of nitro benzene ring substituents is 1. The lowest BCUT2D eigenvalue weighted by Gasteiger charge is -2.40. The number of non-ortho nitro benzene ring substituents is 1. The highest BCUT2D eigenvalue weighted by Gasteiger charge is 2.40. The summed E-state index contributed by atoms with van der Waals surface area (Å²) in [5.41, 5.74) is 2.05. The molecule has 0 amide bonds. The molecule has 3 heterocycles. The van der Waals surface area contributed by atoms with E-state index in [1.54, 1.807) is 12.1 Å². The quantitative estimate of drug-likeness (QED) is 0.605. The number of hydrogen-bond donors (Lipinski definition) is 2. The van der Waals surface area contributed by atoms with E-state index in [4.69, 9.17) is 0 Å². The van der Waals surface area contributed by atoms with E-state index in [1.165, 1.54) is 17.0 Å². The number of nitrogens with zero attached hydrogens (tertiary/aromatic N) is 1. The molecule has 2 bridgehead atoms. The number of rotatable bonds is 2. The second kappa shape index (κ2) is 4.75. The van der Waals surface area contributed by atoms with Crippen molar-refractivity contribution in [3.8, 4) is 0 Å². The zero-order valence-corrected chi connectivity index (χ0v) is 10.6. The third-order valence-electron chi connectivity index (χ3n) is 4.23. The van der Waals surface area contributed by atoms with E-state index < -0.39 is 4.92 Å². The average Bonchev–Trinajstić information content (AvgIpc) is 2.44. The Hall–Kier alpha value is -1.72. The third-order valence-corrected chi connectivity index (χ3v) is 4.23. The van der Waals surface area contributed by atoms with E-state index >= 15 is 0 Å². The van der Waals surface area contributed by atoms with E-state index in [9.17, 15) is 15.2 Å². The maximum atomic E-state index is 10.6. The molecule has 1 aromatic carbocycles. The molecule has 0 radical (unpaired) electrons. The predicted molar refractivity (Wildman–Crippen MR) is 70.5 cm³/mol. The first-order valence-electron chi connectivity index (χ1n) is 6.64. The molecule has 0 saturated carbocycles. The molecule has 1 atom stereocenters. The molecule has 3 fully saturated rings. The van der Waals surface area contributed by atoms with Gasteiger partial charge in [-0.15, -0.1) is 0 Å². The topological polar surface area (TPSA) is 67.8 Å². The molecule has 3 saturated heterocycles. The van der Waals surface area contributed by atoms with Crippen molar-refractivity contribution in [3.05, 3.63) is 45.6 Å². The fourth-order valence-corrected chi connectivity index (χ4v) is 3.12. The summed E-state index contributed by atoms with van der Waals surface area (Å²) in [6.45, 7) is 2.17. The normalized spacial score (nSPS) is 31.6. The molecule has 3 aliphatic heterocycles. The number of nitrogens with one attached hydrogen (secondary N) is 1. The molecule has 0 aromatic heterocycles. The van der Waals surface area contributed by atoms with E-state index in [0.29, 0.717) is 5.92 Å². The number of fused-ring (bicyclic) bond motifs is 3. The van der Waals surface area contributed by atoms with E-state index in [-0.39, 0.29) is 11.8 Å². The van der Waals surface area contributed by atoms with Gasteiger partial charge >= 0.3 is 0 Å². The lowest BCUT2D eigenvalue weighted by Crippen LogP contribution is -3.14. The molecule has 5 nitrogen and oxygen atoms in total. The second-order valence-corrected chi connectivity index (χ2v) is 5.33. The van der Waals surface area contributed by atoms with Crippen molar-refractivity contribution in [2.75, 3.05) is 13.1 Å². The number of benzene rings is 1. The first kappa shape index (κ1) is 12.3. The predicted octanol–water partition coefficient (Wildman–Crippen LogP) is 0.605. The molecule has 100 valence electrons. The van der Waals surface area contributed by atoms with Gasteiger partial charge in [-0.3, -0.25) is 10.1 Å². The molecule has 4 rings (SSSR count). The molecular weight excluding hydrogens is 244 g/mol. The van der Waals surface area contributed by atoms with Crippen LogP contribution in [0.3, 0.4) is 0 Å². The Balaban J connectivity index is 1.86. The van der Waals surface area contributed by atoms with Crippen molar-refractivity contribution in [2.24, 2.45) is 5.92 Å². The van der Waals surface area contributed by atoms with Crippen LogP contribution in [-0.4, -0.2) is 29.2 Å². The fourth-order valence-electron chi connectivity index (χ4n) is 3.12. The summed E-state index contributed by atoms with van der Waals surface area (Å²) in [5.74, 6) is 0.391. The number of aliphatic hydroxyl groups is 1. The van der Waals surface area contributed by atoms with E-state index in [1.807, 2.05) is 6.08 Å². The van der Waals surface area contributed by atoms with Gasteiger partial charge in [-0.05, 0) is 17.7 Å². The van der Waals surface area contributed by atoms with E-state index in [2.05, 4.69) is 0 Å². The van der Waals surface area contributed by atoms with Crippen LogP contribution < -0.4 is 4.90 Å². The van der Waals surface area contributed by atoms with Gasteiger partial charge in [-0.1, -0.05) is 0 Å². The average molecular weight is 261 g/mol. The third kappa shape index (κ3) is 2.27. The lowest BCUT2D eigenvalue weighted by atomic mass is 9.83. The SMILES string of the molecule is O=[N+]([O-])c1ccc(/C=C2\[C@@H](O)C3CC[NH+]2CC3)cc1. The monoisotopic (exact) mass is 261 g/mol. The van der Waals surface area contributed by atoms with Gasteiger partial charge in [0.2, 0.25) is 0 Å². The van der Waals surface area contributed by atoms with Crippen LogP contribution in [0.4, 0.5) is 5.69 Å². The fraction of sp³-hybridized carbons (Fsp3) is 0.429. The van der Waals surface area contributed by atoms with Gasteiger partial charge in [-0.25, -0.2) is 0 Å². The summed E-state index contributed by atoms with van der Waals surface area (Å²) >= 11 is 0. The number of piperidine rings is 3. The smallest absolute Gasteiger partial charge is 0.269 e. The Kier molecular flexibility index (Phi) is 3.08. The zero-order chi connectivity index (χ0) is 13.4. The van der Waals surface area contributed by atoms with Crippen LogP contribution >= 0.6 is 0 Å². The highest BCUT2D eigenvalue weighted by molar-refractivity contribution is 5.54. The van der Waals surface area contributed by atoms with Gasteiger partial charge in [0.25, 0.3) is 5.69 Å². The van der Waals surface area contributed by atoms with Gasteiger partial charge in [0, 0.05) is 37.0 Å². The van der Waals surface area contributed by atoms with Gasteiger partial charge in [0.15, 0.2) is 0 Å². The van der Waals surface area contributed by atoms with Crippen LogP contribution in [0.25, 0.3) is 6.08 Å². The summed E-state index contributed by atoms with van der Waals surface area (Å²) in [6.07, 6.45) is 3.81. The lowest BCUT2D eigenvalue weighted by molar-refractivity contribution is -0.880. The van der Waals surface area contributed by atoms with Crippen LogP contribution in [0.2, 0.25) is 0 Å². The Bertz CT molecular complexity index is 512. The van der Waals surface area contributed by atoms with Gasteiger partial charge in [-0.2, -0.15) is 0 Å². The Morgan fingerprint density at radius 3 is 2.42 bits per heavy atom. The minimum absolute atomic E-state index is 0.0977. The molecule has 0 unspecified atom stereocenters. The van der Waals surface area contributed by atoms with Crippen molar-refractivity contribution in [1.82, 2.24) is 0 Å². The van der Waals surface area contributed by atoms with Crippen LogP contribution in [0.15, 0.2) is 30.0 Å². The summed E-state index contributed by atoms with van der Waals surface area (Å²) < 4.78 is 0. The highest BCUT2D eigenvalue weighted by Crippen LogP contribution is 2.25. The molecule has 19 heavy (non-hydrogen) atoms. The maximum Gasteiger partial charge on any atom is 0.269 e. The number of nitro groups is 1. The Labute approximate surface area is 111 Å². The van der Waals surface area contributed by atoms with E-state index in [0.717, 1.165) is 37.2 Å². The first-order chi connectivity index (χ1) is 9.15. The van der Waals surface area contributed by atoms with Crippen LogP contribution in [0.5, 0.6) is 0 Å². The summed E-state index contributed by atoms with van der Waals surface area (Å²) in [5, 5.41) is 20.9. The van der Waals surface area contributed by atoms with Crippen molar-refractivity contribution >= 4 is 11.8 Å². The minimum atomic E-state index is -0.400. The number of hydrogen-bond acceptors (Lipinski definition) is 3.